The Morgan fingerprint density at radius 2 is 2.00 bits per heavy atom. The Morgan fingerprint density at radius 3 is 2.69 bits per heavy atom. The lowest BCUT2D eigenvalue weighted by atomic mass is 10.1. The van der Waals surface area contributed by atoms with Crippen LogP contribution >= 0.6 is 0 Å². The van der Waals surface area contributed by atoms with E-state index in [4.69, 9.17) is 5.53 Å². The smallest absolute Gasteiger partial charge is 0.288 e. The van der Waals surface area contributed by atoms with Crippen LogP contribution in [0.3, 0.4) is 0 Å². The SMILES string of the molecule is [N-]=[N+]=Cc1ccc2ccccc2c1S(=O)[O-]. The van der Waals surface area contributed by atoms with Gasteiger partial charge < -0.3 is 10.1 Å². The molecule has 0 radical (unpaired) electrons. The fraction of sp³-hybridized carbons (Fsp3) is 0. The molecule has 2 aromatic carbocycles. The van der Waals surface area contributed by atoms with Crippen molar-refractivity contribution < 1.29 is 13.6 Å². The lowest BCUT2D eigenvalue weighted by Crippen LogP contribution is -1.97. The van der Waals surface area contributed by atoms with Gasteiger partial charge in [-0.05, 0) is 27.9 Å². The van der Waals surface area contributed by atoms with Crippen molar-refractivity contribution in [1.29, 1.82) is 0 Å². The molecule has 5 heteroatoms. The van der Waals surface area contributed by atoms with Crippen LogP contribution in [0.4, 0.5) is 0 Å². The highest BCUT2D eigenvalue weighted by atomic mass is 32.2. The van der Waals surface area contributed by atoms with Crippen molar-refractivity contribution in [3.63, 3.8) is 0 Å². The van der Waals surface area contributed by atoms with Crippen LogP contribution < -0.4 is 0 Å². The van der Waals surface area contributed by atoms with E-state index in [2.05, 4.69) is 4.79 Å². The van der Waals surface area contributed by atoms with Crippen LogP contribution in [0.15, 0.2) is 41.3 Å². The molecule has 2 aromatic rings. The summed E-state index contributed by atoms with van der Waals surface area (Å²) in [6, 6.07) is 10.5. The standard InChI is InChI=1S/C11H8N2O2S/c12-13-7-9-6-5-8-3-1-2-4-10(8)11(9)16(14)15/h1-7H,(H,14,15)/p-1. The molecule has 16 heavy (non-hydrogen) atoms. The summed E-state index contributed by atoms with van der Waals surface area (Å²) < 4.78 is 22.3. The molecule has 0 fully saturated rings. The van der Waals surface area contributed by atoms with Gasteiger partial charge in [0.2, 0.25) is 0 Å². The number of hydrogen-bond acceptors (Lipinski definition) is 2. The predicted octanol–water partition coefficient (Wildman–Crippen LogP) is 1.73. The van der Waals surface area contributed by atoms with Crippen LogP contribution in [-0.4, -0.2) is 19.8 Å². The Hall–Kier alpha value is -1.81. The minimum absolute atomic E-state index is 0.149. The molecule has 4 nitrogen and oxygen atoms in total. The zero-order chi connectivity index (χ0) is 11.5. The minimum Gasteiger partial charge on any atom is -0.768 e. The molecule has 0 saturated carbocycles. The molecule has 0 spiro atoms. The summed E-state index contributed by atoms with van der Waals surface area (Å²) in [5.74, 6) is 0. The highest BCUT2D eigenvalue weighted by Crippen LogP contribution is 2.23. The number of rotatable bonds is 2. The maximum Gasteiger partial charge on any atom is 0.288 e. The zero-order valence-corrected chi connectivity index (χ0v) is 8.98. The average molecular weight is 231 g/mol. The van der Waals surface area contributed by atoms with Gasteiger partial charge in [-0.3, -0.25) is 4.21 Å². The van der Waals surface area contributed by atoms with Gasteiger partial charge in [0, 0.05) is 4.90 Å². The fourth-order valence-electron chi connectivity index (χ4n) is 1.61. The molecule has 0 aliphatic heterocycles. The normalized spacial score (nSPS) is 12.1. The molecule has 0 amide bonds. The van der Waals surface area contributed by atoms with Gasteiger partial charge in [0.15, 0.2) is 0 Å². The number of benzene rings is 2. The van der Waals surface area contributed by atoms with Crippen LogP contribution in [0.1, 0.15) is 5.56 Å². The second-order valence-electron chi connectivity index (χ2n) is 3.18. The van der Waals surface area contributed by atoms with E-state index < -0.39 is 11.1 Å². The third-order valence-electron chi connectivity index (χ3n) is 2.27. The van der Waals surface area contributed by atoms with E-state index in [1.165, 1.54) is 0 Å². The molecule has 0 N–H and O–H groups in total. The quantitative estimate of drug-likeness (QED) is 0.341. The summed E-state index contributed by atoms with van der Waals surface area (Å²) in [6.07, 6.45) is 1.11. The molecule has 0 aliphatic carbocycles. The molecule has 1 unspecified atom stereocenters. The topological polar surface area (TPSA) is 76.5 Å². The van der Waals surface area contributed by atoms with Crippen molar-refractivity contribution in [3.8, 4) is 0 Å². The minimum atomic E-state index is -2.37. The summed E-state index contributed by atoms with van der Waals surface area (Å²) in [4.78, 5) is 3.01. The van der Waals surface area contributed by atoms with Gasteiger partial charge in [-0.25, -0.2) is 0 Å². The summed E-state index contributed by atoms with van der Waals surface area (Å²) in [7, 11) is 0. The van der Waals surface area contributed by atoms with E-state index in [9.17, 15) is 8.76 Å². The lowest BCUT2D eigenvalue weighted by Gasteiger charge is -2.10. The third kappa shape index (κ3) is 1.79. The Kier molecular flexibility index (Phi) is 2.92. The molecule has 2 rings (SSSR count). The van der Waals surface area contributed by atoms with Crippen molar-refractivity contribution in [1.82, 2.24) is 0 Å². The van der Waals surface area contributed by atoms with Crippen LogP contribution in [0.25, 0.3) is 16.3 Å². The van der Waals surface area contributed by atoms with Gasteiger partial charge in [0.1, 0.15) is 0 Å². The second kappa shape index (κ2) is 4.37. The number of hydrogen-bond donors (Lipinski definition) is 0. The molecule has 0 aliphatic rings. The van der Waals surface area contributed by atoms with E-state index >= 15 is 0 Å². The first-order valence-electron chi connectivity index (χ1n) is 4.52. The van der Waals surface area contributed by atoms with E-state index in [1.807, 2.05) is 12.1 Å². The second-order valence-corrected chi connectivity index (χ2v) is 4.06. The summed E-state index contributed by atoms with van der Waals surface area (Å²) in [5.41, 5.74) is 8.84. The summed E-state index contributed by atoms with van der Waals surface area (Å²) >= 11 is -2.37. The van der Waals surface area contributed by atoms with Crippen LogP contribution in [0.2, 0.25) is 0 Å². The molecule has 0 heterocycles. The summed E-state index contributed by atoms with van der Waals surface area (Å²) in [5, 5.41) is 1.45. The predicted molar refractivity (Wildman–Crippen MR) is 59.9 cm³/mol. The highest BCUT2D eigenvalue weighted by molar-refractivity contribution is 7.79. The molecular formula is C11H7N2O2S-. The molecule has 80 valence electrons. The molecular weight excluding hydrogens is 224 g/mol. The fourth-order valence-corrected chi connectivity index (χ4v) is 2.29. The molecule has 0 bridgehead atoms. The summed E-state index contributed by atoms with van der Waals surface area (Å²) in [6.45, 7) is 0. The maximum atomic E-state index is 11.2. The van der Waals surface area contributed by atoms with Gasteiger partial charge in [-0.1, -0.05) is 30.3 Å². The third-order valence-corrected chi connectivity index (χ3v) is 3.06. The van der Waals surface area contributed by atoms with Gasteiger partial charge in [-0.2, -0.15) is 4.79 Å². The van der Waals surface area contributed by atoms with Gasteiger partial charge in [0.05, 0.1) is 5.56 Å². The Labute approximate surface area is 94.4 Å². The average Bonchev–Trinajstić information content (AvgIpc) is 2.28. The molecule has 1 atom stereocenters. The van der Waals surface area contributed by atoms with Gasteiger partial charge in [-0.15, -0.1) is 0 Å². The van der Waals surface area contributed by atoms with E-state index in [0.717, 1.165) is 11.6 Å². The van der Waals surface area contributed by atoms with Crippen LogP contribution in [0.5, 0.6) is 0 Å². The van der Waals surface area contributed by atoms with E-state index in [0.29, 0.717) is 10.9 Å². The number of fused-ring (bicyclic) bond motifs is 1. The first-order chi connectivity index (χ1) is 7.74. The number of nitrogens with zero attached hydrogens (tertiary/aromatic N) is 2. The first-order valence-corrected chi connectivity index (χ1v) is 5.60. The Bertz CT molecular complexity index is 618. The van der Waals surface area contributed by atoms with Crippen molar-refractivity contribution in [2.24, 2.45) is 0 Å². The first kappa shape index (κ1) is 10.7. The largest absolute Gasteiger partial charge is 0.768 e. The van der Waals surface area contributed by atoms with Gasteiger partial charge in [0.25, 0.3) is 6.21 Å². The van der Waals surface area contributed by atoms with E-state index in [1.54, 1.807) is 24.3 Å². The molecule has 0 aromatic heterocycles. The molecule has 0 saturated heterocycles. The van der Waals surface area contributed by atoms with Crippen LogP contribution in [0, 0.1) is 0 Å². The monoisotopic (exact) mass is 231 g/mol. The van der Waals surface area contributed by atoms with Crippen molar-refractivity contribution in [3.05, 3.63) is 47.5 Å². The zero-order valence-electron chi connectivity index (χ0n) is 8.16. The van der Waals surface area contributed by atoms with Gasteiger partial charge >= 0.3 is 0 Å². The van der Waals surface area contributed by atoms with Crippen molar-refractivity contribution in [2.75, 3.05) is 0 Å². The van der Waals surface area contributed by atoms with Crippen molar-refractivity contribution >= 4 is 28.1 Å². The van der Waals surface area contributed by atoms with Crippen LogP contribution in [-0.2, 0) is 11.1 Å². The van der Waals surface area contributed by atoms with E-state index in [-0.39, 0.29) is 4.90 Å². The lowest BCUT2D eigenvalue weighted by molar-refractivity contribution is 0.00438. The highest BCUT2D eigenvalue weighted by Gasteiger charge is 2.08. The Balaban J connectivity index is 2.89. The van der Waals surface area contributed by atoms with Crippen molar-refractivity contribution in [2.45, 2.75) is 4.90 Å². The maximum absolute atomic E-state index is 11.2. The Morgan fingerprint density at radius 1 is 1.25 bits per heavy atom.